The second kappa shape index (κ2) is 13.1. The highest BCUT2D eigenvalue weighted by atomic mass is 32.2. The maximum Gasteiger partial charge on any atom is 0.338 e. The Morgan fingerprint density at radius 3 is 1.47 bits per heavy atom. The summed E-state index contributed by atoms with van der Waals surface area (Å²) in [5.74, 6) is 0.726. The Balaban J connectivity index is 1.75. The van der Waals surface area contributed by atoms with Crippen LogP contribution in [-0.4, -0.2) is 28.7 Å². The summed E-state index contributed by atoms with van der Waals surface area (Å²) < 4.78 is 10.9. The van der Waals surface area contributed by atoms with Crippen LogP contribution in [0.5, 0.6) is 0 Å². The van der Waals surface area contributed by atoms with E-state index >= 15 is 0 Å². The van der Waals surface area contributed by atoms with Gasteiger partial charge in [-0.1, -0.05) is 61.8 Å². The average Bonchev–Trinajstić information content (AvgIpc) is 2.78. The fraction of sp³-hybridized carbons (Fsp3) is 0.174. The standard InChI is InChI=1S/C23H22O4S3/c1-3-13-26-21(24)19-9-5-17(6-10-19)15-29-23(28)30-16-18-7-11-20(12-8-18)22(25)27-14-4-2/h3-12H,1-2,13-16H2. The normalized spacial score (nSPS) is 10.1. The fourth-order valence-corrected chi connectivity index (χ4v) is 4.23. The van der Waals surface area contributed by atoms with Crippen LogP contribution in [0.2, 0.25) is 0 Å². The first-order valence-corrected chi connectivity index (χ1v) is 11.4. The van der Waals surface area contributed by atoms with Crippen molar-refractivity contribution in [1.82, 2.24) is 0 Å². The summed E-state index contributed by atoms with van der Waals surface area (Å²) >= 11 is 8.59. The second-order valence-electron chi connectivity index (χ2n) is 6.00. The van der Waals surface area contributed by atoms with Gasteiger partial charge in [0.25, 0.3) is 0 Å². The molecule has 2 aromatic rings. The monoisotopic (exact) mass is 458 g/mol. The van der Waals surface area contributed by atoms with Crippen LogP contribution >= 0.6 is 35.7 Å². The van der Waals surface area contributed by atoms with Gasteiger partial charge in [0.1, 0.15) is 16.7 Å². The summed E-state index contributed by atoms with van der Waals surface area (Å²) in [6.07, 6.45) is 3.07. The molecule has 0 aliphatic rings. The van der Waals surface area contributed by atoms with Crippen molar-refractivity contribution in [2.45, 2.75) is 11.5 Å². The molecule has 156 valence electrons. The lowest BCUT2D eigenvalue weighted by atomic mass is 10.1. The van der Waals surface area contributed by atoms with Crippen molar-refractivity contribution >= 4 is 51.2 Å². The molecule has 0 N–H and O–H groups in total. The van der Waals surface area contributed by atoms with Gasteiger partial charge >= 0.3 is 11.9 Å². The molecule has 0 amide bonds. The largest absolute Gasteiger partial charge is 0.458 e. The van der Waals surface area contributed by atoms with E-state index in [1.54, 1.807) is 47.8 Å². The van der Waals surface area contributed by atoms with E-state index in [4.69, 9.17) is 21.7 Å². The van der Waals surface area contributed by atoms with Crippen molar-refractivity contribution in [2.75, 3.05) is 13.2 Å². The molecule has 0 fully saturated rings. The minimum atomic E-state index is -0.361. The van der Waals surface area contributed by atoms with E-state index < -0.39 is 0 Å². The molecule has 0 spiro atoms. The zero-order chi connectivity index (χ0) is 21.8. The van der Waals surface area contributed by atoms with Gasteiger partial charge in [-0.3, -0.25) is 0 Å². The van der Waals surface area contributed by atoms with E-state index in [1.165, 1.54) is 12.2 Å². The Hall–Kier alpha value is -2.35. The predicted octanol–water partition coefficient (Wildman–Crippen LogP) is 5.82. The minimum Gasteiger partial charge on any atom is -0.458 e. The van der Waals surface area contributed by atoms with E-state index in [0.29, 0.717) is 11.1 Å². The number of benzene rings is 2. The molecule has 0 bridgehead atoms. The minimum absolute atomic E-state index is 0.198. The van der Waals surface area contributed by atoms with Gasteiger partial charge in [0, 0.05) is 11.5 Å². The topological polar surface area (TPSA) is 52.6 Å². The van der Waals surface area contributed by atoms with Crippen molar-refractivity contribution in [3.05, 3.63) is 96.1 Å². The van der Waals surface area contributed by atoms with Gasteiger partial charge in [0.05, 0.1) is 11.1 Å². The first-order chi connectivity index (χ1) is 14.5. The number of rotatable bonds is 10. The van der Waals surface area contributed by atoms with Gasteiger partial charge in [0.15, 0.2) is 0 Å². The number of ether oxygens (including phenoxy) is 2. The Bertz CT molecular complexity index is 816. The first kappa shape index (κ1) is 23.9. The zero-order valence-electron chi connectivity index (χ0n) is 16.4. The summed E-state index contributed by atoms with van der Waals surface area (Å²) in [5.41, 5.74) is 3.18. The van der Waals surface area contributed by atoms with Crippen LogP contribution in [0.3, 0.4) is 0 Å². The van der Waals surface area contributed by atoms with Crippen molar-refractivity contribution in [3.63, 3.8) is 0 Å². The SMILES string of the molecule is C=CCOC(=O)c1ccc(CSC(=S)SCc2ccc(C(=O)OCC=C)cc2)cc1. The third kappa shape index (κ3) is 8.18. The predicted molar refractivity (Wildman–Crippen MR) is 129 cm³/mol. The molecule has 0 aliphatic heterocycles. The van der Waals surface area contributed by atoms with Crippen LogP contribution in [0.15, 0.2) is 73.8 Å². The lowest BCUT2D eigenvalue weighted by Gasteiger charge is -2.06. The number of hydrogen-bond acceptors (Lipinski definition) is 7. The molecule has 0 radical (unpaired) electrons. The van der Waals surface area contributed by atoms with E-state index in [2.05, 4.69) is 13.2 Å². The van der Waals surface area contributed by atoms with Crippen molar-refractivity contribution in [1.29, 1.82) is 0 Å². The molecular weight excluding hydrogens is 436 g/mol. The molecule has 4 nitrogen and oxygen atoms in total. The maximum absolute atomic E-state index is 11.8. The Morgan fingerprint density at radius 2 is 1.13 bits per heavy atom. The second-order valence-corrected chi connectivity index (χ2v) is 9.15. The number of carbonyl (C=O) groups is 2. The first-order valence-electron chi connectivity index (χ1n) is 9.07. The van der Waals surface area contributed by atoms with Crippen molar-refractivity contribution in [3.8, 4) is 0 Å². The van der Waals surface area contributed by atoms with Gasteiger partial charge < -0.3 is 9.47 Å². The Labute approximate surface area is 190 Å². The number of thiocarbonyl (C=S) groups is 1. The highest BCUT2D eigenvalue weighted by Gasteiger charge is 2.08. The molecule has 30 heavy (non-hydrogen) atoms. The molecular formula is C23H22O4S3. The summed E-state index contributed by atoms with van der Waals surface area (Å²) in [6.45, 7) is 7.44. The Kier molecular flexibility index (Phi) is 10.4. The third-order valence-corrected chi connectivity index (χ3v) is 6.60. The van der Waals surface area contributed by atoms with Crippen molar-refractivity contribution < 1.29 is 19.1 Å². The molecule has 2 aromatic carbocycles. The van der Waals surface area contributed by atoms with E-state index in [1.807, 2.05) is 24.3 Å². The summed E-state index contributed by atoms with van der Waals surface area (Å²) in [6, 6.07) is 14.6. The van der Waals surface area contributed by atoms with Crippen LogP contribution in [-0.2, 0) is 21.0 Å². The summed E-state index contributed by atoms with van der Waals surface area (Å²) in [4.78, 5) is 23.6. The number of thioether (sulfide) groups is 2. The van der Waals surface area contributed by atoms with Crippen LogP contribution in [0.25, 0.3) is 0 Å². The van der Waals surface area contributed by atoms with Crippen LogP contribution < -0.4 is 0 Å². The van der Waals surface area contributed by atoms with E-state index in [-0.39, 0.29) is 25.2 Å². The van der Waals surface area contributed by atoms with Gasteiger partial charge in [-0.25, -0.2) is 9.59 Å². The molecule has 0 atom stereocenters. The molecule has 0 saturated carbocycles. The van der Waals surface area contributed by atoms with Gasteiger partial charge in [-0.2, -0.15) is 0 Å². The lowest BCUT2D eigenvalue weighted by molar-refractivity contribution is 0.0540. The van der Waals surface area contributed by atoms with E-state index in [9.17, 15) is 9.59 Å². The fourth-order valence-electron chi connectivity index (χ4n) is 2.24. The molecule has 7 heteroatoms. The van der Waals surface area contributed by atoms with Crippen LogP contribution in [0.1, 0.15) is 31.8 Å². The highest BCUT2D eigenvalue weighted by Crippen LogP contribution is 2.25. The number of carbonyl (C=O) groups excluding carboxylic acids is 2. The average molecular weight is 459 g/mol. The van der Waals surface area contributed by atoms with Crippen LogP contribution in [0, 0.1) is 0 Å². The van der Waals surface area contributed by atoms with Crippen molar-refractivity contribution in [2.24, 2.45) is 0 Å². The molecule has 0 unspecified atom stereocenters. The molecule has 0 heterocycles. The van der Waals surface area contributed by atoms with Gasteiger partial charge in [0.2, 0.25) is 0 Å². The molecule has 0 saturated heterocycles. The smallest absolute Gasteiger partial charge is 0.338 e. The van der Waals surface area contributed by atoms with Gasteiger partial charge in [-0.15, -0.1) is 23.5 Å². The van der Waals surface area contributed by atoms with Crippen LogP contribution in [0.4, 0.5) is 0 Å². The lowest BCUT2D eigenvalue weighted by Crippen LogP contribution is -2.04. The maximum atomic E-state index is 11.8. The van der Waals surface area contributed by atoms with Gasteiger partial charge in [-0.05, 0) is 35.4 Å². The third-order valence-electron chi connectivity index (χ3n) is 3.76. The molecule has 0 aliphatic carbocycles. The quantitative estimate of drug-likeness (QED) is 0.252. The molecule has 0 aromatic heterocycles. The number of hydrogen-bond donors (Lipinski definition) is 0. The van der Waals surface area contributed by atoms with E-state index in [0.717, 1.165) is 26.2 Å². The number of esters is 2. The summed E-state index contributed by atoms with van der Waals surface area (Å²) in [7, 11) is 0. The highest BCUT2D eigenvalue weighted by molar-refractivity contribution is 8.46. The summed E-state index contributed by atoms with van der Waals surface area (Å²) in [5, 5.41) is 0. The molecule has 2 rings (SSSR count). The zero-order valence-corrected chi connectivity index (χ0v) is 18.8. The Morgan fingerprint density at radius 1 is 0.767 bits per heavy atom.